The first-order valence-electron chi connectivity index (χ1n) is 8.45. The van der Waals surface area contributed by atoms with E-state index in [1.807, 2.05) is 0 Å². The summed E-state index contributed by atoms with van der Waals surface area (Å²) in [4.78, 5) is 0. The number of rotatable bonds is 4. The Kier molecular flexibility index (Phi) is 5.19. The number of hydrogen-bond acceptors (Lipinski definition) is 1. The predicted octanol–water partition coefficient (Wildman–Crippen LogP) is 6.37. The van der Waals surface area contributed by atoms with Crippen molar-refractivity contribution < 1.29 is 4.74 Å². The SMILES string of the molecule is CC(C)(C)COc1ccc(-c2ccc(CC(C)(C)C)cc2)cc1. The van der Waals surface area contributed by atoms with Gasteiger partial charge < -0.3 is 4.74 Å². The Bertz CT molecular complexity index is 607. The standard InChI is InChI=1S/C22H30O/c1-21(2,3)15-17-7-9-18(10-8-17)19-11-13-20(14-12-19)23-16-22(4,5)6/h7-14H,15-16H2,1-6H3. The molecule has 0 saturated carbocycles. The number of ether oxygens (including phenoxy) is 1. The third-order valence-corrected chi connectivity index (χ3v) is 3.55. The van der Waals surface area contributed by atoms with Crippen molar-refractivity contribution in [1.29, 1.82) is 0 Å². The van der Waals surface area contributed by atoms with Gasteiger partial charge in [0.15, 0.2) is 0 Å². The highest BCUT2D eigenvalue weighted by molar-refractivity contribution is 5.64. The fourth-order valence-corrected chi connectivity index (χ4v) is 2.47. The average molecular weight is 310 g/mol. The Hall–Kier alpha value is -1.76. The molecule has 0 fully saturated rings. The van der Waals surface area contributed by atoms with E-state index in [0.29, 0.717) is 5.41 Å². The second kappa shape index (κ2) is 6.78. The van der Waals surface area contributed by atoms with E-state index in [1.54, 1.807) is 0 Å². The summed E-state index contributed by atoms with van der Waals surface area (Å²) in [5.74, 6) is 0.938. The lowest BCUT2D eigenvalue weighted by Crippen LogP contribution is -2.16. The minimum Gasteiger partial charge on any atom is -0.493 e. The Morgan fingerprint density at radius 2 is 1.13 bits per heavy atom. The van der Waals surface area contributed by atoms with Crippen molar-refractivity contribution in [1.82, 2.24) is 0 Å². The molecule has 0 saturated heterocycles. The summed E-state index contributed by atoms with van der Waals surface area (Å²) in [5.41, 5.74) is 4.39. The molecular weight excluding hydrogens is 280 g/mol. The van der Waals surface area contributed by atoms with Crippen LogP contribution in [0.2, 0.25) is 0 Å². The maximum Gasteiger partial charge on any atom is 0.119 e. The lowest BCUT2D eigenvalue weighted by Gasteiger charge is -2.19. The van der Waals surface area contributed by atoms with E-state index in [4.69, 9.17) is 4.74 Å². The van der Waals surface area contributed by atoms with Gasteiger partial charge in [0.1, 0.15) is 5.75 Å². The summed E-state index contributed by atoms with van der Waals surface area (Å²) >= 11 is 0. The van der Waals surface area contributed by atoms with Crippen LogP contribution in [0.25, 0.3) is 11.1 Å². The molecule has 0 heterocycles. The summed E-state index contributed by atoms with van der Waals surface area (Å²) in [6, 6.07) is 17.3. The van der Waals surface area contributed by atoms with Gasteiger partial charge in [-0.2, -0.15) is 0 Å². The smallest absolute Gasteiger partial charge is 0.119 e. The van der Waals surface area contributed by atoms with Crippen LogP contribution in [-0.4, -0.2) is 6.61 Å². The first kappa shape index (κ1) is 17.6. The molecular formula is C22H30O. The van der Waals surface area contributed by atoms with Crippen molar-refractivity contribution in [2.75, 3.05) is 6.61 Å². The molecule has 2 aromatic carbocycles. The molecule has 0 aliphatic heterocycles. The second-order valence-electron chi connectivity index (χ2n) is 8.81. The largest absolute Gasteiger partial charge is 0.493 e. The molecule has 0 aliphatic rings. The van der Waals surface area contributed by atoms with Gasteiger partial charge in [-0.3, -0.25) is 0 Å². The molecule has 2 aromatic rings. The molecule has 124 valence electrons. The minimum atomic E-state index is 0.182. The van der Waals surface area contributed by atoms with Gasteiger partial charge in [0.25, 0.3) is 0 Å². The summed E-state index contributed by atoms with van der Waals surface area (Å²) < 4.78 is 5.84. The number of benzene rings is 2. The van der Waals surface area contributed by atoms with Gasteiger partial charge in [-0.05, 0) is 46.1 Å². The predicted molar refractivity (Wildman–Crippen MR) is 100.0 cm³/mol. The van der Waals surface area contributed by atoms with Gasteiger partial charge in [-0.25, -0.2) is 0 Å². The molecule has 0 aliphatic carbocycles. The summed E-state index contributed by atoms with van der Waals surface area (Å²) in [7, 11) is 0. The van der Waals surface area contributed by atoms with Crippen molar-refractivity contribution in [3.05, 3.63) is 54.1 Å². The van der Waals surface area contributed by atoms with E-state index in [0.717, 1.165) is 18.8 Å². The summed E-state index contributed by atoms with van der Waals surface area (Å²) in [5, 5.41) is 0. The van der Waals surface area contributed by atoms with Gasteiger partial charge in [-0.1, -0.05) is 77.9 Å². The quantitative estimate of drug-likeness (QED) is 0.637. The third-order valence-electron chi connectivity index (χ3n) is 3.55. The maximum absolute atomic E-state index is 5.84. The zero-order valence-electron chi connectivity index (χ0n) is 15.4. The van der Waals surface area contributed by atoms with Crippen molar-refractivity contribution in [2.24, 2.45) is 10.8 Å². The molecule has 2 rings (SSSR count). The molecule has 0 radical (unpaired) electrons. The fourth-order valence-electron chi connectivity index (χ4n) is 2.47. The van der Waals surface area contributed by atoms with Gasteiger partial charge >= 0.3 is 0 Å². The highest BCUT2D eigenvalue weighted by Gasteiger charge is 2.12. The van der Waals surface area contributed by atoms with Crippen LogP contribution < -0.4 is 4.74 Å². The van der Waals surface area contributed by atoms with Gasteiger partial charge in [0.05, 0.1) is 6.61 Å². The molecule has 23 heavy (non-hydrogen) atoms. The fraction of sp³-hybridized carbons (Fsp3) is 0.455. The first-order chi connectivity index (χ1) is 10.6. The lowest BCUT2D eigenvalue weighted by atomic mass is 9.87. The zero-order valence-corrected chi connectivity index (χ0v) is 15.4. The topological polar surface area (TPSA) is 9.23 Å². The van der Waals surface area contributed by atoms with E-state index < -0.39 is 0 Å². The third kappa shape index (κ3) is 6.09. The molecule has 0 amide bonds. The molecule has 0 unspecified atom stereocenters. The first-order valence-corrected chi connectivity index (χ1v) is 8.45. The second-order valence-corrected chi connectivity index (χ2v) is 8.81. The monoisotopic (exact) mass is 310 g/mol. The van der Waals surface area contributed by atoms with Crippen molar-refractivity contribution >= 4 is 0 Å². The molecule has 1 heteroatoms. The van der Waals surface area contributed by atoms with Crippen LogP contribution >= 0.6 is 0 Å². The van der Waals surface area contributed by atoms with E-state index in [-0.39, 0.29) is 5.41 Å². The maximum atomic E-state index is 5.84. The van der Waals surface area contributed by atoms with Crippen LogP contribution in [0.3, 0.4) is 0 Å². The summed E-state index contributed by atoms with van der Waals surface area (Å²) in [6.45, 7) is 14.1. The van der Waals surface area contributed by atoms with E-state index in [2.05, 4.69) is 90.1 Å². The van der Waals surface area contributed by atoms with Gasteiger partial charge in [-0.15, -0.1) is 0 Å². The minimum absolute atomic E-state index is 0.182. The molecule has 0 N–H and O–H groups in total. The van der Waals surface area contributed by atoms with E-state index in [9.17, 15) is 0 Å². The Balaban J connectivity index is 2.04. The highest BCUT2D eigenvalue weighted by atomic mass is 16.5. The molecule has 0 atom stereocenters. The van der Waals surface area contributed by atoms with Crippen LogP contribution in [0.4, 0.5) is 0 Å². The van der Waals surface area contributed by atoms with Crippen LogP contribution in [0, 0.1) is 10.8 Å². The van der Waals surface area contributed by atoms with Crippen LogP contribution in [-0.2, 0) is 6.42 Å². The van der Waals surface area contributed by atoms with Crippen molar-refractivity contribution in [3.63, 3.8) is 0 Å². The van der Waals surface area contributed by atoms with Crippen LogP contribution in [0.1, 0.15) is 47.1 Å². The Labute approximate surface area is 141 Å². The van der Waals surface area contributed by atoms with E-state index in [1.165, 1.54) is 16.7 Å². The van der Waals surface area contributed by atoms with Crippen molar-refractivity contribution in [2.45, 2.75) is 48.0 Å². The number of hydrogen-bond donors (Lipinski definition) is 0. The van der Waals surface area contributed by atoms with Gasteiger partial charge in [0.2, 0.25) is 0 Å². The molecule has 1 nitrogen and oxygen atoms in total. The average Bonchev–Trinajstić information content (AvgIpc) is 2.44. The Morgan fingerprint density at radius 1 is 0.652 bits per heavy atom. The molecule has 0 aromatic heterocycles. The molecule has 0 bridgehead atoms. The highest BCUT2D eigenvalue weighted by Crippen LogP contribution is 2.26. The van der Waals surface area contributed by atoms with Crippen LogP contribution in [0.5, 0.6) is 5.75 Å². The van der Waals surface area contributed by atoms with Crippen molar-refractivity contribution in [3.8, 4) is 16.9 Å². The lowest BCUT2D eigenvalue weighted by molar-refractivity contribution is 0.198. The van der Waals surface area contributed by atoms with Gasteiger partial charge in [0, 0.05) is 0 Å². The van der Waals surface area contributed by atoms with E-state index >= 15 is 0 Å². The zero-order chi connectivity index (χ0) is 17.1. The van der Waals surface area contributed by atoms with Crippen LogP contribution in [0.15, 0.2) is 48.5 Å². The normalized spacial score (nSPS) is 12.3. The molecule has 0 spiro atoms. The summed E-state index contributed by atoms with van der Waals surface area (Å²) in [6.07, 6.45) is 1.10. The Morgan fingerprint density at radius 3 is 1.57 bits per heavy atom.